The first-order chi connectivity index (χ1) is 8.31. The van der Waals surface area contributed by atoms with Crippen LogP contribution in [0.1, 0.15) is 19.4 Å². The Morgan fingerprint density at radius 1 is 1.35 bits per heavy atom. The molecule has 2 aromatic rings. The summed E-state index contributed by atoms with van der Waals surface area (Å²) in [5, 5.41) is 4.61. The van der Waals surface area contributed by atoms with Gasteiger partial charge in [0.05, 0.1) is 12.9 Å². The molecule has 1 unspecified atom stereocenters. The van der Waals surface area contributed by atoms with Crippen LogP contribution in [0.25, 0.3) is 11.0 Å². The Labute approximate surface area is 102 Å². The van der Waals surface area contributed by atoms with Crippen molar-refractivity contribution in [1.82, 2.24) is 5.32 Å². The van der Waals surface area contributed by atoms with E-state index >= 15 is 0 Å². The van der Waals surface area contributed by atoms with Crippen molar-refractivity contribution in [2.24, 2.45) is 0 Å². The summed E-state index contributed by atoms with van der Waals surface area (Å²) in [6, 6.07) is 8.45. The zero-order valence-electron chi connectivity index (χ0n) is 10.4. The number of rotatable bonds is 6. The van der Waals surface area contributed by atoms with Crippen LogP contribution in [0.4, 0.5) is 0 Å². The Hall–Kier alpha value is -1.32. The van der Waals surface area contributed by atoms with Crippen LogP contribution in [0.2, 0.25) is 0 Å². The Balaban J connectivity index is 1.95. The topological polar surface area (TPSA) is 34.4 Å². The number of benzene rings is 1. The molecule has 1 N–H and O–H groups in total. The zero-order valence-corrected chi connectivity index (χ0v) is 10.4. The van der Waals surface area contributed by atoms with Gasteiger partial charge in [0.1, 0.15) is 5.58 Å². The van der Waals surface area contributed by atoms with Crippen LogP contribution in [-0.4, -0.2) is 19.3 Å². The molecule has 0 amide bonds. The first-order valence-corrected chi connectivity index (χ1v) is 6.07. The van der Waals surface area contributed by atoms with Crippen molar-refractivity contribution < 1.29 is 9.15 Å². The van der Waals surface area contributed by atoms with E-state index in [4.69, 9.17) is 9.15 Å². The molecule has 1 atom stereocenters. The largest absolute Gasteiger partial charge is 0.464 e. The minimum atomic E-state index is 0.351. The highest BCUT2D eigenvalue weighted by Gasteiger charge is 2.06. The van der Waals surface area contributed by atoms with Crippen LogP contribution in [0, 0.1) is 0 Å². The maximum atomic E-state index is 5.49. The molecule has 1 aromatic carbocycles. The smallest absolute Gasteiger partial charge is 0.134 e. The summed E-state index contributed by atoms with van der Waals surface area (Å²) < 4.78 is 10.9. The molecule has 0 fully saturated rings. The van der Waals surface area contributed by atoms with Gasteiger partial charge in [-0.3, -0.25) is 0 Å². The van der Waals surface area contributed by atoms with Crippen molar-refractivity contribution in [3.63, 3.8) is 0 Å². The summed E-state index contributed by atoms with van der Waals surface area (Å²) in [4.78, 5) is 0. The van der Waals surface area contributed by atoms with Crippen molar-refractivity contribution in [2.45, 2.75) is 26.4 Å². The van der Waals surface area contributed by atoms with Gasteiger partial charge in [-0.15, -0.1) is 0 Å². The predicted octanol–water partition coefficient (Wildman–Crippen LogP) is 2.95. The molecule has 3 heteroatoms. The average Bonchev–Trinajstić information content (AvgIpc) is 2.77. The standard InChI is InChI=1S/C14H19NO2/c1-3-16-9-11(2)15-8-12-10-17-14-7-5-4-6-13(12)14/h4-7,10-11,15H,3,8-9H2,1-2H3. The summed E-state index contributed by atoms with van der Waals surface area (Å²) in [6.45, 7) is 6.45. The van der Waals surface area contributed by atoms with Crippen molar-refractivity contribution in [1.29, 1.82) is 0 Å². The zero-order chi connectivity index (χ0) is 12.1. The van der Waals surface area contributed by atoms with E-state index < -0.39 is 0 Å². The van der Waals surface area contributed by atoms with Crippen LogP contribution in [0.5, 0.6) is 0 Å². The van der Waals surface area contributed by atoms with Gasteiger partial charge in [-0.1, -0.05) is 18.2 Å². The van der Waals surface area contributed by atoms with Crippen LogP contribution >= 0.6 is 0 Å². The lowest BCUT2D eigenvalue weighted by Gasteiger charge is -2.12. The minimum absolute atomic E-state index is 0.351. The Kier molecular flexibility index (Phi) is 4.18. The van der Waals surface area contributed by atoms with Crippen LogP contribution in [0.3, 0.4) is 0 Å². The molecule has 17 heavy (non-hydrogen) atoms. The van der Waals surface area contributed by atoms with Gasteiger partial charge in [0.2, 0.25) is 0 Å². The molecule has 0 aliphatic carbocycles. The number of hydrogen-bond donors (Lipinski definition) is 1. The second-order valence-corrected chi connectivity index (χ2v) is 4.20. The van der Waals surface area contributed by atoms with Gasteiger partial charge < -0.3 is 14.5 Å². The minimum Gasteiger partial charge on any atom is -0.464 e. The Morgan fingerprint density at radius 2 is 2.18 bits per heavy atom. The molecule has 1 aromatic heterocycles. The SMILES string of the molecule is CCOCC(C)NCc1coc2ccccc12. The molecule has 0 bridgehead atoms. The first-order valence-electron chi connectivity index (χ1n) is 6.07. The van der Waals surface area contributed by atoms with Gasteiger partial charge >= 0.3 is 0 Å². The quantitative estimate of drug-likeness (QED) is 0.833. The fraction of sp³-hybridized carbons (Fsp3) is 0.429. The molecule has 0 saturated carbocycles. The number of hydrogen-bond acceptors (Lipinski definition) is 3. The fourth-order valence-corrected chi connectivity index (χ4v) is 1.81. The van der Waals surface area contributed by atoms with E-state index in [2.05, 4.69) is 18.3 Å². The number of para-hydroxylation sites is 1. The third-order valence-electron chi connectivity index (χ3n) is 2.77. The fourth-order valence-electron chi connectivity index (χ4n) is 1.81. The highest BCUT2D eigenvalue weighted by atomic mass is 16.5. The van der Waals surface area contributed by atoms with E-state index in [1.54, 1.807) is 0 Å². The van der Waals surface area contributed by atoms with E-state index in [-0.39, 0.29) is 0 Å². The van der Waals surface area contributed by atoms with Crippen LogP contribution in [0.15, 0.2) is 34.9 Å². The molecule has 0 aliphatic heterocycles. The summed E-state index contributed by atoms with van der Waals surface area (Å²) in [7, 11) is 0. The summed E-state index contributed by atoms with van der Waals surface area (Å²) in [5.41, 5.74) is 2.14. The first kappa shape index (κ1) is 12.1. The van der Waals surface area contributed by atoms with Crippen LogP contribution < -0.4 is 5.32 Å². The molecular weight excluding hydrogens is 214 g/mol. The van der Waals surface area contributed by atoms with E-state index in [9.17, 15) is 0 Å². The molecule has 0 saturated heterocycles. The Bertz CT molecular complexity index is 464. The molecule has 3 nitrogen and oxygen atoms in total. The lowest BCUT2D eigenvalue weighted by molar-refractivity contribution is 0.127. The number of fused-ring (bicyclic) bond motifs is 1. The van der Waals surface area contributed by atoms with Crippen molar-refractivity contribution >= 4 is 11.0 Å². The Morgan fingerprint density at radius 3 is 3.00 bits per heavy atom. The van der Waals surface area contributed by atoms with E-state index in [1.807, 2.05) is 31.4 Å². The van der Waals surface area contributed by atoms with Gasteiger partial charge in [0.25, 0.3) is 0 Å². The molecule has 2 rings (SSSR count). The van der Waals surface area contributed by atoms with Gasteiger partial charge in [-0.25, -0.2) is 0 Å². The van der Waals surface area contributed by atoms with Gasteiger partial charge in [-0.05, 0) is 19.9 Å². The normalized spacial score (nSPS) is 13.1. The molecule has 92 valence electrons. The molecule has 0 radical (unpaired) electrons. The van der Waals surface area contributed by atoms with Crippen molar-refractivity contribution in [2.75, 3.05) is 13.2 Å². The van der Waals surface area contributed by atoms with Crippen LogP contribution in [-0.2, 0) is 11.3 Å². The maximum absolute atomic E-state index is 5.49. The third kappa shape index (κ3) is 3.08. The van der Waals surface area contributed by atoms with Crippen molar-refractivity contribution in [3.8, 4) is 0 Å². The maximum Gasteiger partial charge on any atom is 0.134 e. The monoisotopic (exact) mass is 233 g/mol. The van der Waals surface area contributed by atoms with E-state index in [1.165, 1.54) is 10.9 Å². The second kappa shape index (κ2) is 5.84. The second-order valence-electron chi connectivity index (χ2n) is 4.20. The molecular formula is C14H19NO2. The van der Waals surface area contributed by atoms with Gasteiger partial charge in [0, 0.05) is 30.1 Å². The highest BCUT2D eigenvalue weighted by molar-refractivity contribution is 5.80. The molecule has 0 aliphatic rings. The highest BCUT2D eigenvalue weighted by Crippen LogP contribution is 2.20. The van der Waals surface area contributed by atoms with Crippen molar-refractivity contribution in [3.05, 3.63) is 36.1 Å². The lowest BCUT2D eigenvalue weighted by atomic mass is 10.2. The van der Waals surface area contributed by atoms with E-state index in [0.717, 1.165) is 25.3 Å². The summed E-state index contributed by atoms with van der Waals surface area (Å²) in [6.07, 6.45) is 1.82. The molecule has 0 spiro atoms. The van der Waals surface area contributed by atoms with Gasteiger partial charge in [-0.2, -0.15) is 0 Å². The number of ether oxygens (including phenoxy) is 1. The summed E-state index contributed by atoms with van der Waals surface area (Å²) >= 11 is 0. The third-order valence-corrected chi connectivity index (χ3v) is 2.77. The average molecular weight is 233 g/mol. The number of furan rings is 1. The predicted molar refractivity (Wildman–Crippen MR) is 69.0 cm³/mol. The van der Waals surface area contributed by atoms with E-state index in [0.29, 0.717) is 6.04 Å². The summed E-state index contributed by atoms with van der Waals surface area (Å²) in [5.74, 6) is 0. The molecule has 1 heterocycles. The number of nitrogens with one attached hydrogen (secondary N) is 1. The van der Waals surface area contributed by atoms with Gasteiger partial charge in [0.15, 0.2) is 0 Å². The lowest BCUT2D eigenvalue weighted by Crippen LogP contribution is -2.29.